The number of aryl methyl sites for hydroxylation is 1. The molecule has 0 radical (unpaired) electrons. The van der Waals surface area contributed by atoms with E-state index in [0.29, 0.717) is 6.10 Å². The highest BCUT2D eigenvalue weighted by Crippen LogP contribution is 2.35. The highest BCUT2D eigenvalue weighted by molar-refractivity contribution is 5.42. The molecule has 0 atom stereocenters. The zero-order valence-corrected chi connectivity index (χ0v) is 9.62. The second kappa shape index (κ2) is 4.13. The first-order chi connectivity index (χ1) is 7.19. The van der Waals surface area contributed by atoms with Crippen LogP contribution in [0, 0.1) is 12.8 Å². The molecule has 2 nitrogen and oxygen atoms in total. The smallest absolute Gasteiger partial charge is 0.161 e. The van der Waals surface area contributed by atoms with E-state index in [2.05, 4.69) is 13.8 Å². The van der Waals surface area contributed by atoms with E-state index in [0.717, 1.165) is 30.3 Å². The zero-order valence-electron chi connectivity index (χ0n) is 9.62. The Morgan fingerprint density at radius 2 is 1.93 bits per heavy atom. The summed E-state index contributed by atoms with van der Waals surface area (Å²) in [5.74, 6) is 2.53. The standard InChI is InChI=1S/C13H18O2/c1-9-4-5-12(14-3)13(8-9)15-11-6-10(2)7-11/h4-5,8,10-11H,6-7H2,1-3H3. The third-order valence-electron chi connectivity index (χ3n) is 2.94. The molecule has 1 aliphatic carbocycles. The maximum Gasteiger partial charge on any atom is 0.161 e. The Morgan fingerprint density at radius 1 is 1.20 bits per heavy atom. The highest BCUT2D eigenvalue weighted by Gasteiger charge is 2.27. The summed E-state index contributed by atoms with van der Waals surface area (Å²) in [6.07, 6.45) is 2.71. The SMILES string of the molecule is COc1ccc(C)cc1OC1CC(C)C1. The molecule has 15 heavy (non-hydrogen) atoms. The molecule has 82 valence electrons. The van der Waals surface area contributed by atoms with E-state index >= 15 is 0 Å². The normalized spacial score (nSPS) is 24.5. The molecule has 0 N–H and O–H groups in total. The van der Waals surface area contributed by atoms with Gasteiger partial charge in [-0.05, 0) is 43.4 Å². The topological polar surface area (TPSA) is 18.5 Å². The average Bonchev–Trinajstić information content (AvgIpc) is 2.16. The molecule has 1 aromatic rings. The quantitative estimate of drug-likeness (QED) is 0.756. The van der Waals surface area contributed by atoms with Crippen LogP contribution in [0.25, 0.3) is 0 Å². The van der Waals surface area contributed by atoms with Gasteiger partial charge in [0.15, 0.2) is 11.5 Å². The molecule has 1 aromatic carbocycles. The molecule has 2 rings (SSSR count). The molecule has 0 amide bonds. The van der Waals surface area contributed by atoms with Crippen molar-refractivity contribution in [2.24, 2.45) is 5.92 Å². The maximum absolute atomic E-state index is 5.90. The van der Waals surface area contributed by atoms with Crippen LogP contribution >= 0.6 is 0 Å². The van der Waals surface area contributed by atoms with Gasteiger partial charge in [0, 0.05) is 0 Å². The van der Waals surface area contributed by atoms with Gasteiger partial charge < -0.3 is 9.47 Å². The summed E-state index contributed by atoms with van der Waals surface area (Å²) < 4.78 is 11.2. The fourth-order valence-electron chi connectivity index (χ4n) is 1.98. The lowest BCUT2D eigenvalue weighted by atomic mass is 9.84. The third-order valence-corrected chi connectivity index (χ3v) is 2.94. The highest BCUT2D eigenvalue weighted by atomic mass is 16.5. The summed E-state index contributed by atoms with van der Waals surface area (Å²) in [6.45, 7) is 4.32. The molecule has 0 bridgehead atoms. The van der Waals surface area contributed by atoms with E-state index < -0.39 is 0 Å². The minimum atomic E-state index is 0.385. The minimum Gasteiger partial charge on any atom is -0.493 e. The monoisotopic (exact) mass is 206 g/mol. The van der Waals surface area contributed by atoms with Crippen molar-refractivity contribution in [1.82, 2.24) is 0 Å². The first kappa shape index (κ1) is 10.3. The molecule has 0 aliphatic heterocycles. The fraction of sp³-hybridized carbons (Fsp3) is 0.538. The predicted octanol–water partition coefficient (Wildman–Crippen LogP) is 3.18. The minimum absolute atomic E-state index is 0.385. The molecule has 1 aliphatic rings. The summed E-state index contributed by atoms with van der Waals surface area (Å²) >= 11 is 0. The van der Waals surface area contributed by atoms with Crippen LogP contribution in [-0.2, 0) is 0 Å². The van der Waals surface area contributed by atoms with Gasteiger partial charge in [-0.15, -0.1) is 0 Å². The zero-order chi connectivity index (χ0) is 10.8. The van der Waals surface area contributed by atoms with Crippen LogP contribution in [-0.4, -0.2) is 13.2 Å². The van der Waals surface area contributed by atoms with Gasteiger partial charge in [-0.2, -0.15) is 0 Å². The summed E-state index contributed by atoms with van der Waals surface area (Å²) in [7, 11) is 1.68. The van der Waals surface area contributed by atoms with Crippen molar-refractivity contribution in [3.8, 4) is 11.5 Å². The van der Waals surface area contributed by atoms with Crippen LogP contribution in [0.1, 0.15) is 25.3 Å². The van der Waals surface area contributed by atoms with Crippen molar-refractivity contribution in [2.45, 2.75) is 32.8 Å². The third kappa shape index (κ3) is 2.25. The lowest BCUT2D eigenvalue weighted by Gasteiger charge is -2.33. The number of ether oxygens (including phenoxy) is 2. The van der Waals surface area contributed by atoms with Crippen LogP contribution in [0.5, 0.6) is 11.5 Å². The Hall–Kier alpha value is -1.18. The van der Waals surface area contributed by atoms with Crippen molar-refractivity contribution >= 4 is 0 Å². The molecule has 1 fully saturated rings. The van der Waals surface area contributed by atoms with Gasteiger partial charge >= 0.3 is 0 Å². The van der Waals surface area contributed by atoms with E-state index in [1.807, 2.05) is 18.2 Å². The Kier molecular flexibility index (Phi) is 2.85. The lowest BCUT2D eigenvalue weighted by molar-refractivity contribution is 0.0710. The van der Waals surface area contributed by atoms with Gasteiger partial charge in [0.2, 0.25) is 0 Å². The number of methoxy groups -OCH3 is 1. The van der Waals surface area contributed by atoms with Gasteiger partial charge in [0.25, 0.3) is 0 Å². The van der Waals surface area contributed by atoms with E-state index in [4.69, 9.17) is 9.47 Å². The van der Waals surface area contributed by atoms with E-state index in [-0.39, 0.29) is 0 Å². The number of benzene rings is 1. The first-order valence-corrected chi connectivity index (χ1v) is 5.50. The second-order valence-corrected chi connectivity index (χ2v) is 4.47. The van der Waals surface area contributed by atoms with Crippen LogP contribution in [0.2, 0.25) is 0 Å². The Morgan fingerprint density at radius 3 is 2.53 bits per heavy atom. The van der Waals surface area contributed by atoms with Gasteiger partial charge in [0.05, 0.1) is 13.2 Å². The number of hydrogen-bond acceptors (Lipinski definition) is 2. The molecular weight excluding hydrogens is 188 g/mol. The largest absolute Gasteiger partial charge is 0.493 e. The molecule has 2 heteroatoms. The van der Waals surface area contributed by atoms with Crippen LogP contribution in [0.15, 0.2) is 18.2 Å². The van der Waals surface area contributed by atoms with Crippen molar-refractivity contribution in [1.29, 1.82) is 0 Å². The Labute approximate surface area is 91.2 Å². The predicted molar refractivity (Wildman–Crippen MR) is 60.5 cm³/mol. The molecule has 0 aromatic heterocycles. The summed E-state index contributed by atoms with van der Waals surface area (Å²) in [4.78, 5) is 0. The lowest BCUT2D eigenvalue weighted by Crippen LogP contribution is -2.32. The average molecular weight is 206 g/mol. The van der Waals surface area contributed by atoms with E-state index in [1.165, 1.54) is 5.56 Å². The number of rotatable bonds is 3. The van der Waals surface area contributed by atoms with Crippen molar-refractivity contribution in [2.75, 3.05) is 7.11 Å². The Balaban J connectivity index is 2.08. The Bertz CT molecular complexity index is 340. The van der Waals surface area contributed by atoms with Crippen molar-refractivity contribution in [3.63, 3.8) is 0 Å². The van der Waals surface area contributed by atoms with E-state index in [1.54, 1.807) is 7.11 Å². The summed E-state index contributed by atoms with van der Waals surface area (Å²) in [5.41, 5.74) is 1.21. The van der Waals surface area contributed by atoms with Gasteiger partial charge in [-0.3, -0.25) is 0 Å². The van der Waals surface area contributed by atoms with Crippen LogP contribution < -0.4 is 9.47 Å². The summed E-state index contributed by atoms with van der Waals surface area (Å²) in [6, 6.07) is 6.05. The molecule has 1 saturated carbocycles. The van der Waals surface area contributed by atoms with Crippen LogP contribution in [0.4, 0.5) is 0 Å². The molecular formula is C13H18O2. The number of hydrogen-bond donors (Lipinski definition) is 0. The van der Waals surface area contributed by atoms with Gasteiger partial charge in [-0.25, -0.2) is 0 Å². The molecule has 0 spiro atoms. The molecule has 0 unspecified atom stereocenters. The molecule has 0 saturated heterocycles. The van der Waals surface area contributed by atoms with E-state index in [9.17, 15) is 0 Å². The maximum atomic E-state index is 5.90. The first-order valence-electron chi connectivity index (χ1n) is 5.50. The van der Waals surface area contributed by atoms with Gasteiger partial charge in [-0.1, -0.05) is 13.0 Å². The molecule has 0 heterocycles. The van der Waals surface area contributed by atoms with Gasteiger partial charge in [0.1, 0.15) is 0 Å². The fourth-order valence-corrected chi connectivity index (χ4v) is 1.98. The van der Waals surface area contributed by atoms with Crippen LogP contribution in [0.3, 0.4) is 0 Å². The van der Waals surface area contributed by atoms with Crippen molar-refractivity contribution < 1.29 is 9.47 Å². The van der Waals surface area contributed by atoms with Crippen molar-refractivity contribution in [3.05, 3.63) is 23.8 Å². The second-order valence-electron chi connectivity index (χ2n) is 4.47. The summed E-state index contributed by atoms with van der Waals surface area (Å²) in [5, 5.41) is 0.